The third kappa shape index (κ3) is 5.37. The van der Waals surface area contributed by atoms with Gasteiger partial charge in [-0.15, -0.1) is 0 Å². The standard InChI is InChI=1S/C18H26N2O3/c1-2-3-7-10-19-18(22)20-11-12-23-14-16(20)13-17(21)15-8-5-4-6-9-15/h2-6,8-9,16-17,21H,7,10-14H2,1H3,(H,19,22)/b3-2+. The fraction of sp³-hybridized carbons (Fsp3) is 0.500. The molecule has 0 aromatic heterocycles. The summed E-state index contributed by atoms with van der Waals surface area (Å²) < 4.78 is 5.50. The average molecular weight is 318 g/mol. The molecule has 0 spiro atoms. The molecule has 1 aliphatic rings. The molecule has 2 amide bonds. The molecule has 1 aromatic rings. The maximum atomic E-state index is 12.3. The van der Waals surface area contributed by atoms with Crippen molar-refractivity contribution < 1.29 is 14.6 Å². The summed E-state index contributed by atoms with van der Waals surface area (Å²) in [5.41, 5.74) is 0.867. The number of aliphatic hydroxyl groups is 1. The first kappa shape index (κ1) is 17.5. The van der Waals surface area contributed by atoms with Crippen molar-refractivity contribution in [1.82, 2.24) is 10.2 Å². The molecule has 1 fully saturated rings. The van der Waals surface area contributed by atoms with Crippen LogP contribution in [0.15, 0.2) is 42.5 Å². The van der Waals surface area contributed by atoms with Gasteiger partial charge in [-0.1, -0.05) is 42.5 Å². The van der Waals surface area contributed by atoms with Gasteiger partial charge in [-0.2, -0.15) is 0 Å². The number of benzene rings is 1. The summed E-state index contributed by atoms with van der Waals surface area (Å²) in [6.07, 6.45) is 4.70. The van der Waals surface area contributed by atoms with Gasteiger partial charge in [0.05, 0.1) is 25.4 Å². The number of carbonyl (C=O) groups excluding carboxylic acids is 1. The Bertz CT molecular complexity index is 504. The number of allylic oxidation sites excluding steroid dienone is 1. The number of rotatable bonds is 6. The van der Waals surface area contributed by atoms with Crippen molar-refractivity contribution in [3.8, 4) is 0 Å². The molecular formula is C18H26N2O3. The topological polar surface area (TPSA) is 61.8 Å². The molecule has 2 rings (SSSR count). The summed E-state index contributed by atoms with van der Waals surface area (Å²) in [7, 11) is 0. The van der Waals surface area contributed by atoms with Gasteiger partial charge in [0.1, 0.15) is 0 Å². The van der Waals surface area contributed by atoms with E-state index in [0.29, 0.717) is 32.7 Å². The lowest BCUT2D eigenvalue weighted by atomic mass is 10.0. The van der Waals surface area contributed by atoms with Crippen molar-refractivity contribution >= 4 is 6.03 Å². The van der Waals surface area contributed by atoms with Gasteiger partial charge >= 0.3 is 6.03 Å². The second-order valence-electron chi connectivity index (χ2n) is 5.67. The van der Waals surface area contributed by atoms with E-state index in [1.54, 1.807) is 4.90 Å². The molecule has 1 aromatic carbocycles. The lowest BCUT2D eigenvalue weighted by molar-refractivity contribution is -0.00686. The van der Waals surface area contributed by atoms with Crippen LogP contribution in [0.4, 0.5) is 4.79 Å². The van der Waals surface area contributed by atoms with Crippen LogP contribution >= 0.6 is 0 Å². The molecule has 1 heterocycles. The van der Waals surface area contributed by atoms with Gasteiger partial charge in [0, 0.05) is 19.5 Å². The van der Waals surface area contributed by atoms with Gasteiger partial charge in [0.15, 0.2) is 0 Å². The normalized spacial score (nSPS) is 19.7. The van der Waals surface area contributed by atoms with E-state index in [2.05, 4.69) is 5.32 Å². The number of nitrogens with zero attached hydrogens (tertiary/aromatic N) is 1. The number of nitrogens with one attached hydrogen (secondary N) is 1. The van der Waals surface area contributed by atoms with E-state index >= 15 is 0 Å². The van der Waals surface area contributed by atoms with E-state index in [1.807, 2.05) is 49.4 Å². The second-order valence-corrected chi connectivity index (χ2v) is 5.67. The first-order chi connectivity index (χ1) is 11.2. The average Bonchev–Trinajstić information content (AvgIpc) is 2.60. The van der Waals surface area contributed by atoms with Crippen LogP contribution in [0.25, 0.3) is 0 Å². The van der Waals surface area contributed by atoms with E-state index in [9.17, 15) is 9.90 Å². The van der Waals surface area contributed by atoms with E-state index < -0.39 is 6.10 Å². The number of hydrogen-bond donors (Lipinski definition) is 2. The van der Waals surface area contributed by atoms with Crippen molar-refractivity contribution in [2.45, 2.75) is 31.9 Å². The minimum absolute atomic E-state index is 0.0805. The molecule has 2 unspecified atom stereocenters. The Morgan fingerprint density at radius 2 is 2.26 bits per heavy atom. The Morgan fingerprint density at radius 3 is 3.00 bits per heavy atom. The van der Waals surface area contributed by atoms with Crippen LogP contribution in [0.3, 0.4) is 0 Å². The fourth-order valence-corrected chi connectivity index (χ4v) is 2.72. The third-order valence-corrected chi connectivity index (χ3v) is 3.99. The molecule has 0 saturated carbocycles. The van der Waals surface area contributed by atoms with Crippen LogP contribution in [-0.2, 0) is 4.74 Å². The third-order valence-electron chi connectivity index (χ3n) is 3.99. The number of carbonyl (C=O) groups is 1. The largest absolute Gasteiger partial charge is 0.388 e. The Morgan fingerprint density at radius 1 is 1.48 bits per heavy atom. The monoisotopic (exact) mass is 318 g/mol. The number of amides is 2. The zero-order valence-corrected chi connectivity index (χ0v) is 13.6. The molecular weight excluding hydrogens is 292 g/mol. The molecule has 1 aliphatic heterocycles. The number of urea groups is 1. The van der Waals surface area contributed by atoms with Crippen LogP contribution in [0, 0.1) is 0 Å². The smallest absolute Gasteiger partial charge is 0.317 e. The van der Waals surface area contributed by atoms with E-state index in [4.69, 9.17) is 4.74 Å². The highest BCUT2D eigenvalue weighted by Gasteiger charge is 2.29. The van der Waals surface area contributed by atoms with Crippen molar-refractivity contribution in [3.05, 3.63) is 48.0 Å². The van der Waals surface area contributed by atoms with Crippen molar-refractivity contribution in [2.75, 3.05) is 26.3 Å². The number of hydrogen-bond acceptors (Lipinski definition) is 3. The molecule has 2 N–H and O–H groups in total. The van der Waals surface area contributed by atoms with E-state index in [0.717, 1.165) is 12.0 Å². The minimum Gasteiger partial charge on any atom is -0.388 e. The van der Waals surface area contributed by atoms with Crippen molar-refractivity contribution in [2.24, 2.45) is 0 Å². The highest BCUT2D eigenvalue weighted by Crippen LogP contribution is 2.22. The summed E-state index contributed by atoms with van der Waals surface area (Å²) in [5, 5.41) is 13.3. The van der Waals surface area contributed by atoms with Crippen LogP contribution in [-0.4, -0.2) is 48.4 Å². The number of morpholine rings is 1. The summed E-state index contributed by atoms with van der Waals surface area (Å²) in [6.45, 7) is 4.15. The second kappa shape index (κ2) is 9.33. The number of ether oxygens (including phenoxy) is 1. The molecule has 0 aliphatic carbocycles. The Kier molecular flexibility index (Phi) is 7.10. The van der Waals surface area contributed by atoms with Gasteiger partial charge in [-0.25, -0.2) is 4.79 Å². The van der Waals surface area contributed by atoms with Crippen LogP contribution in [0.5, 0.6) is 0 Å². The Labute approximate surface area is 137 Å². The van der Waals surface area contributed by atoms with Crippen LogP contribution in [0.1, 0.15) is 31.4 Å². The van der Waals surface area contributed by atoms with Crippen molar-refractivity contribution in [1.29, 1.82) is 0 Å². The molecule has 5 heteroatoms. The molecule has 1 saturated heterocycles. The number of aliphatic hydroxyl groups excluding tert-OH is 1. The zero-order chi connectivity index (χ0) is 16.5. The maximum Gasteiger partial charge on any atom is 0.317 e. The molecule has 0 radical (unpaired) electrons. The molecule has 0 bridgehead atoms. The highest BCUT2D eigenvalue weighted by molar-refractivity contribution is 5.74. The zero-order valence-electron chi connectivity index (χ0n) is 13.6. The molecule has 126 valence electrons. The minimum atomic E-state index is -0.596. The predicted molar refractivity (Wildman–Crippen MR) is 90.2 cm³/mol. The van der Waals surface area contributed by atoms with Crippen LogP contribution in [0.2, 0.25) is 0 Å². The van der Waals surface area contributed by atoms with E-state index in [1.165, 1.54) is 0 Å². The molecule has 23 heavy (non-hydrogen) atoms. The lowest BCUT2D eigenvalue weighted by Gasteiger charge is -2.36. The van der Waals surface area contributed by atoms with Gasteiger partial charge in [-0.05, 0) is 18.9 Å². The van der Waals surface area contributed by atoms with Crippen molar-refractivity contribution in [3.63, 3.8) is 0 Å². The maximum absolute atomic E-state index is 12.3. The lowest BCUT2D eigenvalue weighted by Crippen LogP contribution is -2.53. The first-order valence-corrected chi connectivity index (χ1v) is 8.18. The van der Waals surface area contributed by atoms with Gasteiger partial charge in [0.2, 0.25) is 0 Å². The van der Waals surface area contributed by atoms with Crippen LogP contribution < -0.4 is 5.32 Å². The Balaban J connectivity index is 1.91. The summed E-state index contributed by atoms with van der Waals surface area (Å²) in [6, 6.07) is 9.34. The quantitative estimate of drug-likeness (QED) is 0.626. The fourth-order valence-electron chi connectivity index (χ4n) is 2.72. The van der Waals surface area contributed by atoms with E-state index in [-0.39, 0.29) is 12.1 Å². The summed E-state index contributed by atoms with van der Waals surface area (Å²) in [4.78, 5) is 14.1. The Hall–Kier alpha value is -1.85. The van der Waals surface area contributed by atoms with Gasteiger partial charge in [-0.3, -0.25) is 0 Å². The molecule has 5 nitrogen and oxygen atoms in total. The first-order valence-electron chi connectivity index (χ1n) is 8.18. The summed E-state index contributed by atoms with van der Waals surface area (Å²) >= 11 is 0. The van der Waals surface area contributed by atoms with Gasteiger partial charge in [0.25, 0.3) is 0 Å². The highest BCUT2D eigenvalue weighted by atomic mass is 16.5. The predicted octanol–water partition coefficient (Wildman–Crippen LogP) is 2.49. The van der Waals surface area contributed by atoms with Gasteiger partial charge < -0.3 is 20.1 Å². The molecule has 2 atom stereocenters. The SMILES string of the molecule is C/C=C/CCNC(=O)N1CCOCC1CC(O)c1ccccc1. The summed E-state index contributed by atoms with van der Waals surface area (Å²) in [5.74, 6) is 0.